The van der Waals surface area contributed by atoms with Crippen molar-refractivity contribution in [2.75, 3.05) is 25.6 Å². The van der Waals surface area contributed by atoms with Gasteiger partial charge >= 0.3 is 102 Å². The first kappa shape index (κ1) is 16.7. The first-order valence-electron chi connectivity index (χ1n) is 5.50. The molecule has 0 heterocycles. The van der Waals surface area contributed by atoms with Gasteiger partial charge in [0.25, 0.3) is 0 Å². The second-order valence-corrected chi connectivity index (χ2v) is 6.31. The van der Waals surface area contributed by atoms with Gasteiger partial charge in [0, 0.05) is 0 Å². The van der Waals surface area contributed by atoms with Gasteiger partial charge in [-0.05, 0) is 0 Å². The molecule has 0 spiro atoms. The Morgan fingerprint density at radius 2 is 1.88 bits per heavy atom. The number of hydrogen-bond donors (Lipinski definition) is 2. The summed E-state index contributed by atoms with van der Waals surface area (Å²) < 4.78 is 32.3. The minimum absolute atomic E-state index is 0.0372. The van der Waals surface area contributed by atoms with Gasteiger partial charge in [0.2, 0.25) is 0 Å². The van der Waals surface area contributed by atoms with Crippen molar-refractivity contribution in [1.82, 2.24) is 4.90 Å². The fourth-order valence-corrected chi connectivity index (χ4v) is 2.13. The van der Waals surface area contributed by atoms with Gasteiger partial charge in [-0.15, -0.1) is 0 Å². The fourth-order valence-electron chi connectivity index (χ4n) is 1.54. The predicted molar refractivity (Wildman–Crippen MR) is 64.3 cm³/mol. The van der Waals surface area contributed by atoms with E-state index in [1.165, 1.54) is 4.90 Å². The molecular formula is C9H20BNO5S. The molecule has 0 aromatic rings. The van der Waals surface area contributed by atoms with E-state index in [1.54, 1.807) is 0 Å². The Morgan fingerprint density at radius 3 is 2.24 bits per heavy atom. The first-order chi connectivity index (χ1) is 7.86. The molecule has 1 unspecified atom stereocenters. The monoisotopic (exact) mass is 265 g/mol. The van der Waals surface area contributed by atoms with Crippen LogP contribution in [0.3, 0.4) is 0 Å². The molecule has 0 aliphatic heterocycles. The van der Waals surface area contributed by atoms with E-state index in [-0.39, 0.29) is 38.1 Å². The topological polar surface area (TPSA) is 94.9 Å². The number of hydrogen-bond acceptors (Lipinski definition) is 6. The molecule has 0 radical (unpaired) electrons. The molecule has 100 valence electrons. The van der Waals surface area contributed by atoms with Crippen molar-refractivity contribution in [3.8, 4) is 0 Å². The van der Waals surface area contributed by atoms with E-state index in [2.05, 4.69) is 0 Å². The van der Waals surface area contributed by atoms with Gasteiger partial charge in [-0.25, -0.2) is 0 Å². The molecule has 0 aliphatic rings. The third-order valence-electron chi connectivity index (χ3n) is 2.46. The molecular weight excluding hydrogens is 245 g/mol. The third-order valence-corrected chi connectivity index (χ3v) is 3.51. The average molecular weight is 265 g/mol. The number of nitrogens with zero attached hydrogens (tertiary/aromatic N) is 1. The van der Waals surface area contributed by atoms with Crippen molar-refractivity contribution >= 4 is 16.1 Å². The number of rotatable bonds is 9. The van der Waals surface area contributed by atoms with Crippen molar-refractivity contribution in [3.63, 3.8) is 0 Å². The van der Waals surface area contributed by atoms with E-state index in [9.17, 15) is 18.2 Å². The summed E-state index contributed by atoms with van der Waals surface area (Å²) in [6.07, 6.45) is 0.567. The van der Waals surface area contributed by atoms with Gasteiger partial charge in [0.1, 0.15) is 0 Å². The molecule has 0 aromatic heterocycles. The zero-order valence-corrected chi connectivity index (χ0v) is 11.1. The second-order valence-electron chi connectivity index (χ2n) is 4.38. The molecule has 2 N–H and O–H groups in total. The van der Waals surface area contributed by atoms with Crippen LogP contribution in [0.5, 0.6) is 0 Å². The van der Waals surface area contributed by atoms with E-state index in [0.29, 0.717) is 12.3 Å². The molecule has 0 fully saturated rings. The van der Waals surface area contributed by atoms with Crippen LogP contribution in [-0.2, 0) is 14.4 Å². The van der Waals surface area contributed by atoms with Crippen LogP contribution in [-0.4, -0.2) is 61.6 Å². The molecule has 0 aliphatic carbocycles. The Morgan fingerprint density at radius 1 is 1.29 bits per heavy atom. The summed E-state index contributed by atoms with van der Waals surface area (Å²) >= 11 is 0. The number of aliphatic hydroxyl groups is 2. The molecule has 1 atom stereocenters. The Labute approximate surface area is 103 Å². The second kappa shape index (κ2) is 7.91. The summed E-state index contributed by atoms with van der Waals surface area (Å²) in [5.41, 5.74) is 0. The van der Waals surface area contributed by atoms with Crippen molar-refractivity contribution in [1.29, 1.82) is 0 Å². The third kappa shape index (κ3) is 6.87. The van der Waals surface area contributed by atoms with Gasteiger partial charge in [-0.1, -0.05) is 0 Å². The Bertz CT molecular complexity index is 319. The van der Waals surface area contributed by atoms with Crippen LogP contribution in [0.15, 0.2) is 0 Å². The van der Waals surface area contributed by atoms with Crippen LogP contribution in [0, 0.1) is 5.92 Å². The number of aliphatic hydroxyl groups excluding tert-OH is 2. The Balaban J connectivity index is 4.44. The molecule has 0 aromatic carbocycles. The normalized spacial score (nSPS) is 14.0. The summed E-state index contributed by atoms with van der Waals surface area (Å²) in [7, 11) is -3.71. The van der Waals surface area contributed by atoms with Gasteiger partial charge in [0.15, 0.2) is 0 Å². The van der Waals surface area contributed by atoms with Gasteiger partial charge in [-0.2, -0.15) is 0 Å². The SMILES string of the molecule is CC(C)CC(CO)N(CO)CCS(=O)(=O)B=O. The van der Waals surface area contributed by atoms with Crippen LogP contribution in [0.1, 0.15) is 20.3 Å². The van der Waals surface area contributed by atoms with Crippen molar-refractivity contribution in [2.45, 2.75) is 26.3 Å². The molecule has 0 bridgehead atoms. The van der Waals surface area contributed by atoms with Crippen molar-refractivity contribution in [2.24, 2.45) is 5.92 Å². The van der Waals surface area contributed by atoms with Gasteiger partial charge < -0.3 is 0 Å². The molecule has 0 saturated heterocycles. The van der Waals surface area contributed by atoms with Crippen LogP contribution < -0.4 is 0 Å². The first-order valence-corrected chi connectivity index (χ1v) is 7.21. The summed E-state index contributed by atoms with van der Waals surface area (Å²) in [5, 5.41) is 18.3. The molecule has 8 heteroatoms. The quantitative estimate of drug-likeness (QED) is 0.411. The zero-order valence-electron chi connectivity index (χ0n) is 10.2. The average Bonchev–Trinajstić information content (AvgIpc) is 2.27. The maximum atomic E-state index is 11.0. The van der Waals surface area contributed by atoms with Crippen molar-refractivity contribution < 1.29 is 23.3 Å². The Kier molecular flexibility index (Phi) is 7.77. The van der Waals surface area contributed by atoms with E-state index < -0.39 is 9.69 Å². The van der Waals surface area contributed by atoms with Crippen LogP contribution in [0.2, 0.25) is 0 Å². The van der Waals surface area contributed by atoms with E-state index in [4.69, 9.17) is 5.11 Å². The summed E-state index contributed by atoms with van der Waals surface area (Å²) in [6.45, 7) is 3.49. The van der Waals surface area contributed by atoms with Crippen LogP contribution >= 0.6 is 0 Å². The minimum atomic E-state index is -3.71. The van der Waals surface area contributed by atoms with Crippen LogP contribution in [0.4, 0.5) is 0 Å². The Hall–Kier alpha value is -0.305. The summed E-state index contributed by atoms with van der Waals surface area (Å²) in [4.78, 5) is 1.46. The summed E-state index contributed by atoms with van der Waals surface area (Å²) in [5.74, 6) is -0.0186. The molecule has 0 saturated carbocycles. The zero-order chi connectivity index (χ0) is 13.5. The van der Waals surface area contributed by atoms with Crippen LogP contribution in [0.25, 0.3) is 0 Å². The van der Waals surface area contributed by atoms with Gasteiger partial charge in [-0.3, -0.25) is 0 Å². The molecule has 6 nitrogen and oxygen atoms in total. The predicted octanol–water partition coefficient (Wildman–Crippen LogP) is -0.975. The summed E-state index contributed by atoms with van der Waals surface area (Å²) in [6, 6.07) is -0.290. The maximum absolute atomic E-state index is 11.0. The molecule has 17 heavy (non-hydrogen) atoms. The fraction of sp³-hybridized carbons (Fsp3) is 1.00. The van der Waals surface area contributed by atoms with E-state index >= 15 is 0 Å². The molecule has 0 rings (SSSR count). The van der Waals surface area contributed by atoms with Gasteiger partial charge in [0.05, 0.1) is 0 Å². The van der Waals surface area contributed by atoms with E-state index in [1.807, 2.05) is 13.8 Å². The van der Waals surface area contributed by atoms with Crippen molar-refractivity contribution in [3.05, 3.63) is 0 Å². The standard InChI is InChI=1S/C9H20BNO5S/c1-8(2)5-9(6-12)11(7-13)3-4-17(15,16)10-14/h8-9,12-13H,3-7H2,1-2H3. The molecule has 0 amide bonds. The van der Waals surface area contributed by atoms with E-state index in [0.717, 1.165) is 0 Å².